The van der Waals surface area contributed by atoms with Crippen LogP contribution in [-0.2, 0) is 4.79 Å². The Morgan fingerprint density at radius 2 is 1.87 bits per heavy atom. The van der Waals surface area contributed by atoms with Gasteiger partial charge >= 0.3 is 6.01 Å². The number of fused-ring (bicyclic) bond motifs is 1. The van der Waals surface area contributed by atoms with Crippen LogP contribution in [-0.4, -0.2) is 35.7 Å². The molecular formula is C27H20F2N8O2. The van der Waals surface area contributed by atoms with Gasteiger partial charge in [-0.3, -0.25) is 4.79 Å². The highest BCUT2D eigenvalue weighted by Crippen LogP contribution is 2.40. The Hall–Kier alpha value is -5.26. The number of aromatic nitrogens is 6. The average molecular weight is 527 g/mol. The Bertz CT molecular complexity index is 1750. The zero-order valence-corrected chi connectivity index (χ0v) is 20.3. The second kappa shape index (κ2) is 9.56. The van der Waals surface area contributed by atoms with Crippen LogP contribution >= 0.6 is 0 Å². The zero-order chi connectivity index (χ0) is 27.1. The summed E-state index contributed by atoms with van der Waals surface area (Å²) in [7, 11) is 0. The number of anilines is 2. The fourth-order valence-corrected chi connectivity index (χ4v) is 4.15. The molecule has 3 heterocycles. The smallest absolute Gasteiger partial charge is 0.322 e. The Balaban J connectivity index is 1.38. The first-order valence-corrected chi connectivity index (χ1v) is 11.9. The lowest BCUT2D eigenvalue weighted by molar-refractivity contribution is -0.114. The number of nitrogens with zero attached hydrogens (tertiary/aromatic N) is 6. The van der Waals surface area contributed by atoms with Crippen LogP contribution in [0, 0.1) is 5.82 Å². The van der Waals surface area contributed by atoms with Crippen LogP contribution in [0.5, 0.6) is 11.8 Å². The molecule has 0 bridgehead atoms. The normalized spacial score (nSPS) is 12.9. The van der Waals surface area contributed by atoms with Gasteiger partial charge in [0.1, 0.15) is 17.5 Å². The molecular weight excluding hydrogens is 506 g/mol. The molecule has 1 fully saturated rings. The van der Waals surface area contributed by atoms with Gasteiger partial charge in [0.25, 0.3) is 5.91 Å². The van der Waals surface area contributed by atoms with E-state index in [1.807, 2.05) is 6.07 Å². The van der Waals surface area contributed by atoms with Crippen molar-refractivity contribution in [1.29, 1.82) is 0 Å². The van der Waals surface area contributed by atoms with Crippen molar-refractivity contribution in [2.45, 2.75) is 18.8 Å². The largest absolute Gasteiger partial charge is 0.421 e. The van der Waals surface area contributed by atoms with Gasteiger partial charge in [-0.2, -0.15) is 4.98 Å². The summed E-state index contributed by atoms with van der Waals surface area (Å²) in [6.07, 6.45) is 5.00. The SMILES string of the molecule is C=C(F)C(=O)Nc1ccc(-c2nn3ncnc(N)c3c2-c2ccc(Oc3nccc(C4CC4)n3)c(F)c2)cc1. The van der Waals surface area contributed by atoms with Crippen molar-refractivity contribution >= 4 is 22.9 Å². The third-order valence-electron chi connectivity index (χ3n) is 6.20. The summed E-state index contributed by atoms with van der Waals surface area (Å²) in [6, 6.07) is 12.8. The lowest BCUT2D eigenvalue weighted by Crippen LogP contribution is -2.10. The zero-order valence-electron chi connectivity index (χ0n) is 20.3. The average Bonchev–Trinajstić information content (AvgIpc) is 3.71. The minimum absolute atomic E-state index is 0.0384. The number of nitrogens with one attached hydrogen (secondary N) is 1. The van der Waals surface area contributed by atoms with Crippen LogP contribution in [0.15, 0.2) is 73.5 Å². The van der Waals surface area contributed by atoms with Crippen molar-refractivity contribution < 1.29 is 18.3 Å². The second-order valence-corrected chi connectivity index (χ2v) is 8.93. The molecule has 1 aliphatic rings. The van der Waals surface area contributed by atoms with Gasteiger partial charge in [-0.25, -0.2) is 18.7 Å². The second-order valence-electron chi connectivity index (χ2n) is 8.93. The van der Waals surface area contributed by atoms with E-state index in [0.29, 0.717) is 39.5 Å². The van der Waals surface area contributed by atoms with E-state index in [0.717, 1.165) is 18.5 Å². The molecule has 10 nitrogen and oxygen atoms in total. The van der Waals surface area contributed by atoms with E-state index >= 15 is 4.39 Å². The third kappa shape index (κ3) is 4.75. The molecule has 0 atom stereocenters. The number of hydrogen-bond donors (Lipinski definition) is 2. The number of nitrogens with two attached hydrogens (primary N) is 1. The summed E-state index contributed by atoms with van der Waals surface area (Å²) in [4.78, 5) is 24.2. The molecule has 0 aliphatic heterocycles. The summed E-state index contributed by atoms with van der Waals surface area (Å²) < 4.78 is 35.4. The molecule has 0 unspecified atom stereocenters. The number of rotatable bonds is 7. The first-order valence-electron chi connectivity index (χ1n) is 11.9. The van der Waals surface area contributed by atoms with Crippen molar-refractivity contribution in [3.8, 4) is 34.1 Å². The topological polar surface area (TPSA) is 133 Å². The molecule has 12 heteroatoms. The van der Waals surface area contributed by atoms with E-state index in [9.17, 15) is 9.18 Å². The Morgan fingerprint density at radius 3 is 2.59 bits per heavy atom. The molecule has 1 saturated carbocycles. The highest BCUT2D eigenvalue weighted by Gasteiger charge is 2.26. The summed E-state index contributed by atoms with van der Waals surface area (Å²) >= 11 is 0. The van der Waals surface area contributed by atoms with Crippen LogP contribution in [0.25, 0.3) is 27.9 Å². The minimum atomic E-state index is -1.10. The Morgan fingerprint density at radius 1 is 1.10 bits per heavy atom. The number of halogens is 2. The van der Waals surface area contributed by atoms with Gasteiger partial charge in [0.05, 0.1) is 5.69 Å². The summed E-state index contributed by atoms with van der Waals surface area (Å²) in [6.45, 7) is 2.98. The molecule has 2 aromatic carbocycles. The monoisotopic (exact) mass is 526 g/mol. The number of benzene rings is 2. The molecule has 3 N–H and O–H groups in total. The lowest BCUT2D eigenvalue weighted by Gasteiger charge is -2.09. The van der Waals surface area contributed by atoms with Gasteiger partial charge in [0.15, 0.2) is 23.2 Å². The molecule has 0 spiro atoms. The van der Waals surface area contributed by atoms with Crippen molar-refractivity contribution in [2.75, 3.05) is 11.1 Å². The first kappa shape index (κ1) is 24.1. The molecule has 1 amide bonds. The van der Waals surface area contributed by atoms with Gasteiger partial charge in [-0.05, 0) is 48.7 Å². The molecule has 194 valence electrons. The standard InChI is InChI=1S/C27H20F2N8O2/c1-14(28)26(38)34-18-7-4-16(5-8-18)23-22(24-25(30)32-13-33-37(24)36-23)17-6-9-21(19(29)12-17)39-27-31-11-10-20(35-27)15-2-3-15/h4-13,15H,1-3H2,(H,34,38)(H2,30,32,33). The molecule has 3 aromatic heterocycles. The number of nitrogen functional groups attached to an aromatic ring is 1. The van der Waals surface area contributed by atoms with Crippen molar-refractivity contribution in [3.05, 3.63) is 85.0 Å². The Kier molecular flexibility index (Phi) is 5.91. The number of carbonyl (C=O) groups excluding carboxylic acids is 1. The third-order valence-corrected chi connectivity index (χ3v) is 6.20. The van der Waals surface area contributed by atoms with E-state index in [2.05, 4.69) is 37.0 Å². The minimum Gasteiger partial charge on any atom is -0.421 e. The molecule has 5 aromatic rings. The Labute approximate surface area is 220 Å². The summed E-state index contributed by atoms with van der Waals surface area (Å²) in [5.74, 6) is -2.18. The van der Waals surface area contributed by atoms with Crippen molar-refractivity contribution in [2.24, 2.45) is 0 Å². The maximum atomic E-state index is 15.3. The van der Waals surface area contributed by atoms with Gasteiger partial charge in [-0.15, -0.1) is 14.8 Å². The van der Waals surface area contributed by atoms with Crippen LogP contribution in [0.4, 0.5) is 20.3 Å². The van der Waals surface area contributed by atoms with Crippen LogP contribution in [0.3, 0.4) is 0 Å². The maximum absolute atomic E-state index is 15.3. The fourth-order valence-electron chi connectivity index (χ4n) is 4.15. The fraction of sp³-hybridized carbons (Fsp3) is 0.111. The quantitative estimate of drug-likeness (QED) is 0.281. The molecule has 6 rings (SSSR count). The van der Waals surface area contributed by atoms with Gasteiger partial charge < -0.3 is 15.8 Å². The highest BCUT2D eigenvalue weighted by atomic mass is 19.1. The van der Waals surface area contributed by atoms with Crippen LogP contribution < -0.4 is 15.8 Å². The number of hydrogen-bond acceptors (Lipinski definition) is 8. The summed E-state index contributed by atoms with van der Waals surface area (Å²) in [5, 5.41) is 11.1. The van der Waals surface area contributed by atoms with E-state index in [-0.39, 0.29) is 17.6 Å². The first-order chi connectivity index (χ1) is 18.9. The maximum Gasteiger partial charge on any atom is 0.322 e. The van der Waals surface area contributed by atoms with Gasteiger partial charge in [-0.1, -0.05) is 24.8 Å². The van der Waals surface area contributed by atoms with Crippen LogP contribution in [0.1, 0.15) is 24.5 Å². The molecule has 0 radical (unpaired) electrons. The van der Waals surface area contributed by atoms with Gasteiger partial charge in [0, 0.05) is 28.9 Å². The van der Waals surface area contributed by atoms with Crippen molar-refractivity contribution in [1.82, 2.24) is 29.8 Å². The number of amides is 1. The molecule has 39 heavy (non-hydrogen) atoms. The van der Waals surface area contributed by atoms with E-state index in [4.69, 9.17) is 10.5 Å². The highest BCUT2D eigenvalue weighted by molar-refractivity contribution is 6.02. The van der Waals surface area contributed by atoms with E-state index in [1.54, 1.807) is 36.5 Å². The number of ether oxygens (including phenoxy) is 1. The summed E-state index contributed by atoms with van der Waals surface area (Å²) in [5.41, 5.74) is 9.76. The molecule has 1 aliphatic carbocycles. The number of carbonyl (C=O) groups is 1. The van der Waals surface area contributed by atoms with Crippen LogP contribution in [0.2, 0.25) is 0 Å². The lowest BCUT2D eigenvalue weighted by atomic mass is 9.99. The van der Waals surface area contributed by atoms with Gasteiger partial charge in [0.2, 0.25) is 0 Å². The van der Waals surface area contributed by atoms with Crippen molar-refractivity contribution in [3.63, 3.8) is 0 Å². The van der Waals surface area contributed by atoms with E-state index < -0.39 is 17.6 Å². The predicted molar refractivity (Wildman–Crippen MR) is 139 cm³/mol. The van der Waals surface area contributed by atoms with E-state index in [1.165, 1.54) is 23.1 Å². The molecule has 0 saturated heterocycles. The predicted octanol–water partition coefficient (Wildman–Crippen LogP) is 5.06.